The average molecular weight is 321 g/mol. The van der Waals surface area contributed by atoms with Gasteiger partial charge in [0.25, 0.3) is 0 Å². The number of benzene rings is 1. The summed E-state index contributed by atoms with van der Waals surface area (Å²) >= 11 is 0. The normalized spacial score (nSPS) is 25.2. The number of likely N-dealkylation sites (tertiary alicyclic amines) is 1. The Morgan fingerprint density at radius 2 is 1.91 bits per heavy atom. The number of methoxy groups -OCH3 is 2. The van der Waals surface area contributed by atoms with Crippen LogP contribution in [-0.2, 0) is 18.9 Å². The number of amides is 1. The smallest absolute Gasteiger partial charge is 0.372 e. The van der Waals surface area contributed by atoms with E-state index in [4.69, 9.17) is 18.9 Å². The Morgan fingerprint density at radius 1 is 1.22 bits per heavy atom. The van der Waals surface area contributed by atoms with Crippen molar-refractivity contribution in [3.63, 3.8) is 0 Å². The molecule has 0 saturated carbocycles. The highest BCUT2D eigenvalue weighted by atomic mass is 16.7. The third kappa shape index (κ3) is 2.71. The quantitative estimate of drug-likeness (QED) is 0.476. The lowest BCUT2D eigenvalue weighted by Crippen LogP contribution is -2.55. The fourth-order valence-electron chi connectivity index (χ4n) is 3.19. The van der Waals surface area contributed by atoms with E-state index in [0.717, 1.165) is 0 Å². The van der Waals surface area contributed by atoms with Gasteiger partial charge in [0.15, 0.2) is 0 Å². The zero-order chi connectivity index (χ0) is 16.4. The maximum absolute atomic E-state index is 12.4. The van der Waals surface area contributed by atoms with E-state index in [-0.39, 0.29) is 12.7 Å². The van der Waals surface area contributed by atoms with Crippen molar-refractivity contribution in [1.29, 1.82) is 0 Å². The van der Waals surface area contributed by atoms with Crippen molar-refractivity contribution in [3.8, 4) is 0 Å². The number of carbonyl (C=O) groups excluding carboxylic acids is 2. The fourth-order valence-corrected chi connectivity index (χ4v) is 3.19. The molecule has 0 spiro atoms. The molecule has 0 aromatic heterocycles. The molecule has 7 nitrogen and oxygen atoms in total. The van der Waals surface area contributed by atoms with Crippen LogP contribution in [0.15, 0.2) is 30.3 Å². The minimum atomic E-state index is -1.03. The van der Waals surface area contributed by atoms with Crippen molar-refractivity contribution in [2.45, 2.75) is 24.4 Å². The summed E-state index contributed by atoms with van der Waals surface area (Å²) in [6.45, 7) is 0.649. The van der Waals surface area contributed by atoms with Crippen LogP contribution in [0.1, 0.15) is 16.8 Å². The monoisotopic (exact) mass is 321 g/mol. The number of fused-ring (bicyclic) bond motifs is 1. The molecular weight excluding hydrogens is 302 g/mol. The average Bonchev–Trinajstić information content (AvgIpc) is 3.16. The van der Waals surface area contributed by atoms with Gasteiger partial charge in [-0.2, -0.15) is 0 Å². The van der Waals surface area contributed by atoms with Gasteiger partial charge in [0.05, 0.1) is 11.7 Å². The Balaban J connectivity index is 1.74. The molecule has 23 heavy (non-hydrogen) atoms. The van der Waals surface area contributed by atoms with Crippen LogP contribution < -0.4 is 0 Å². The van der Waals surface area contributed by atoms with E-state index in [1.54, 1.807) is 30.3 Å². The van der Waals surface area contributed by atoms with Crippen LogP contribution in [0, 0.1) is 0 Å². The molecular formula is C16H19NO6. The Bertz CT molecular complexity index is 585. The van der Waals surface area contributed by atoms with E-state index in [9.17, 15) is 9.59 Å². The second-order valence-corrected chi connectivity index (χ2v) is 5.52. The predicted molar refractivity (Wildman–Crippen MR) is 78.9 cm³/mol. The lowest BCUT2D eigenvalue weighted by molar-refractivity contribution is -0.223. The summed E-state index contributed by atoms with van der Waals surface area (Å²) in [4.78, 5) is 25.9. The molecule has 2 atom stereocenters. The first-order valence-electron chi connectivity index (χ1n) is 7.41. The van der Waals surface area contributed by atoms with Gasteiger partial charge >= 0.3 is 12.1 Å². The van der Waals surface area contributed by atoms with Gasteiger partial charge in [0.1, 0.15) is 12.6 Å². The van der Waals surface area contributed by atoms with Crippen LogP contribution in [0.2, 0.25) is 0 Å². The molecule has 2 heterocycles. The maximum Gasteiger partial charge on any atom is 0.418 e. The molecule has 2 aliphatic heterocycles. The van der Waals surface area contributed by atoms with E-state index in [1.165, 1.54) is 19.1 Å². The molecule has 1 aromatic carbocycles. The summed E-state index contributed by atoms with van der Waals surface area (Å²) in [6.07, 6.45) is -0.252. The van der Waals surface area contributed by atoms with Gasteiger partial charge in [-0.05, 0) is 18.6 Å². The van der Waals surface area contributed by atoms with E-state index < -0.39 is 23.9 Å². The van der Waals surface area contributed by atoms with Crippen molar-refractivity contribution >= 4 is 12.1 Å². The Hall–Kier alpha value is -1.96. The maximum atomic E-state index is 12.4. The lowest BCUT2D eigenvalue weighted by atomic mass is 10.1. The molecule has 2 saturated heterocycles. The summed E-state index contributed by atoms with van der Waals surface area (Å²) < 4.78 is 21.6. The molecule has 0 radical (unpaired) electrons. The van der Waals surface area contributed by atoms with Gasteiger partial charge in [0.2, 0.25) is 5.79 Å². The molecule has 2 fully saturated rings. The molecule has 2 aliphatic rings. The first kappa shape index (κ1) is 15.9. The van der Waals surface area contributed by atoms with Crippen LogP contribution in [0.4, 0.5) is 4.79 Å². The number of nitrogens with zero attached hydrogens (tertiary/aromatic N) is 1. The van der Waals surface area contributed by atoms with E-state index in [1.807, 2.05) is 0 Å². The first-order valence-corrected chi connectivity index (χ1v) is 7.41. The number of ether oxygens (including phenoxy) is 4. The Kier molecular flexibility index (Phi) is 4.34. The van der Waals surface area contributed by atoms with Gasteiger partial charge in [-0.1, -0.05) is 18.2 Å². The number of carbonyl (C=O) groups is 2. The Morgan fingerprint density at radius 3 is 2.57 bits per heavy atom. The fraction of sp³-hybridized carbons (Fsp3) is 0.500. The van der Waals surface area contributed by atoms with Crippen molar-refractivity contribution in [3.05, 3.63) is 35.9 Å². The predicted octanol–water partition coefficient (Wildman–Crippen LogP) is 1.43. The SMILES string of the molecule is COC1(OC)CO[C@@H]2CCN(C(=O)OC(=O)c3ccccc3)[C@@H]21. The molecule has 0 N–H and O–H groups in total. The molecule has 0 unspecified atom stereocenters. The van der Waals surface area contributed by atoms with E-state index in [0.29, 0.717) is 18.5 Å². The minimum Gasteiger partial charge on any atom is -0.372 e. The van der Waals surface area contributed by atoms with Crippen molar-refractivity contribution in [2.24, 2.45) is 0 Å². The minimum absolute atomic E-state index is 0.186. The summed E-state index contributed by atoms with van der Waals surface area (Å²) in [6, 6.07) is 7.95. The summed E-state index contributed by atoms with van der Waals surface area (Å²) in [5, 5.41) is 0. The van der Waals surface area contributed by atoms with Crippen LogP contribution in [0.3, 0.4) is 0 Å². The zero-order valence-electron chi connectivity index (χ0n) is 13.1. The number of hydrogen-bond acceptors (Lipinski definition) is 6. The molecule has 1 aromatic rings. The van der Waals surface area contributed by atoms with Gasteiger partial charge in [-0.15, -0.1) is 0 Å². The van der Waals surface area contributed by atoms with E-state index >= 15 is 0 Å². The van der Waals surface area contributed by atoms with Gasteiger partial charge in [0, 0.05) is 20.8 Å². The Labute approximate surface area is 134 Å². The summed E-state index contributed by atoms with van der Waals surface area (Å²) in [5.41, 5.74) is 0.323. The second kappa shape index (κ2) is 6.27. The van der Waals surface area contributed by atoms with Crippen LogP contribution >= 0.6 is 0 Å². The molecule has 1 amide bonds. The third-order valence-corrected chi connectivity index (χ3v) is 4.41. The van der Waals surface area contributed by atoms with Crippen LogP contribution in [-0.4, -0.2) is 62.3 Å². The number of rotatable bonds is 3. The van der Waals surface area contributed by atoms with Gasteiger partial charge in [-0.25, -0.2) is 9.59 Å². The van der Waals surface area contributed by atoms with Crippen LogP contribution in [0.5, 0.6) is 0 Å². The summed E-state index contributed by atoms with van der Waals surface area (Å²) in [5.74, 6) is -1.71. The molecule has 124 valence electrons. The molecule has 0 aliphatic carbocycles. The highest BCUT2D eigenvalue weighted by Crippen LogP contribution is 2.38. The van der Waals surface area contributed by atoms with Gasteiger partial charge < -0.3 is 18.9 Å². The second-order valence-electron chi connectivity index (χ2n) is 5.52. The number of esters is 1. The van der Waals surface area contributed by atoms with Crippen molar-refractivity contribution < 1.29 is 28.5 Å². The van der Waals surface area contributed by atoms with Gasteiger partial charge in [-0.3, -0.25) is 4.90 Å². The molecule has 0 bridgehead atoms. The molecule has 3 rings (SSSR count). The first-order chi connectivity index (χ1) is 11.1. The molecule has 7 heteroatoms. The summed E-state index contributed by atoms with van der Waals surface area (Å²) in [7, 11) is 3.01. The topological polar surface area (TPSA) is 74.3 Å². The highest BCUT2D eigenvalue weighted by Gasteiger charge is 2.58. The zero-order valence-corrected chi connectivity index (χ0v) is 13.1. The third-order valence-electron chi connectivity index (χ3n) is 4.41. The standard InChI is InChI=1S/C16H19NO6/c1-20-16(21-2)10-22-12-8-9-17(13(12)16)15(19)23-14(18)11-6-4-3-5-7-11/h3-7,12-13H,8-10H2,1-2H3/t12-,13+/m1/s1. The van der Waals surface area contributed by atoms with Crippen LogP contribution in [0.25, 0.3) is 0 Å². The van der Waals surface area contributed by atoms with E-state index in [2.05, 4.69) is 0 Å². The van der Waals surface area contributed by atoms with Crippen molar-refractivity contribution in [2.75, 3.05) is 27.4 Å². The number of hydrogen-bond donors (Lipinski definition) is 0. The van der Waals surface area contributed by atoms with Crippen molar-refractivity contribution in [1.82, 2.24) is 4.90 Å². The largest absolute Gasteiger partial charge is 0.418 e. The lowest BCUT2D eigenvalue weighted by Gasteiger charge is -2.35. The highest BCUT2D eigenvalue weighted by molar-refractivity contribution is 5.96.